The number of pyridine rings is 1. The number of aromatic carboxylic acids is 1. The van der Waals surface area contributed by atoms with E-state index < -0.39 is 125 Å². The van der Waals surface area contributed by atoms with Crippen LogP contribution in [0.25, 0.3) is 10.9 Å². The van der Waals surface area contributed by atoms with Crippen molar-refractivity contribution < 1.29 is 87.0 Å². The van der Waals surface area contributed by atoms with E-state index >= 15 is 0 Å². The minimum atomic E-state index is -2.07. The Kier molecular flexibility index (Phi) is 23.2. The summed E-state index contributed by atoms with van der Waals surface area (Å²) in [6, 6.07) is 2.41. The third-order valence-electron chi connectivity index (χ3n) is 17.0. The second-order valence-electron chi connectivity index (χ2n) is 23.8. The van der Waals surface area contributed by atoms with Crippen molar-refractivity contribution in [3.05, 3.63) is 39.1 Å². The fourth-order valence-corrected chi connectivity index (χ4v) is 12.1. The van der Waals surface area contributed by atoms with E-state index in [-0.39, 0.29) is 81.2 Å². The van der Waals surface area contributed by atoms with Gasteiger partial charge in [-0.25, -0.2) is 4.79 Å². The van der Waals surface area contributed by atoms with Crippen LogP contribution in [0.15, 0.2) is 23.1 Å². The van der Waals surface area contributed by atoms with Gasteiger partial charge >= 0.3 is 17.9 Å². The molecule has 2 unspecified atom stereocenters. The topological polar surface area (TPSA) is 291 Å². The predicted octanol–water partition coefficient (Wildman–Crippen LogP) is 4.83. The molecule has 0 spiro atoms. The molecule has 3 aliphatic heterocycles. The number of methoxy groups -OCH3 is 2. The van der Waals surface area contributed by atoms with E-state index in [1.165, 1.54) is 34.3 Å². The van der Waals surface area contributed by atoms with Gasteiger partial charge in [0.25, 0.3) is 0 Å². The third-order valence-corrected chi connectivity index (χ3v) is 17.3. The molecule has 1 aromatic heterocycles. The van der Waals surface area contributed by atoms with Gasteiger partial charge in [-0.15, -0.1) is 0 Å². The molecule has 1 amide bonds. The lowest BCUT2D eigenvalue weighted by molar-refractivity contribution is -0.320. The molecule has 6 N–H and O–H groups in total. The lowest BCUT2D eigenvalue weighted by Crippen LogP contribution is -2.61. The molecule has 2 aromatic rings. The maximum atomic E-state index is 14.6. The Balaban J connectivity index is 1.12. The minimum Gasteiger partial charge on any atom is -0.477 e. The first-order chi connectivity index (χ1) is 38.5. The lowest BCUT2D eigenvalue weighted by atomic mass is 9.78. The Morgan fingerprint density at radius 3 is 2.15 bits per heavy atom. The van der Waals surface area contributed by atoms with E-state index in [2.05, 4.69) is 10.6 Å². The monoisotopic (exact) mass is 1180 g/mol. The Morgan fingerprint density at radius 2 is 1.54 bits per heavy atom. The maximum absolute atomic E-state index is 14.6. The molecular formula is C58H91ClN4O19. The Labute approximate surface area is 486 Å². The molecule has 4 aliphatic rings. The Hall–Kier alpha value is -4.08. The summed E-state index contributed by atoms with van der Waals surface area (Å²) in [5.41, 5.74) is -4.39. The highest BCUT2D eigenvalue weighted by atomic mass is 35.5. The number of hydrogen-bond donors (Lipinski definition) is 6. The van der Waals surface area contributed by atoms with Crippen LogP contribution in [0.2, 0.25) is 5.02 Å². The number of benzene rings is 1. The summed E-state index contributed by atoms with van der Waals surface area (Å²) in [4.78, 5) is 68.6. The number of likely N-dealkylation sites (N-methyl/N-ethyl adjacent to an activating group) is 1. The Morgan fingerprint density at radius 1 is 0.890 bits per heavy atom. The van der Waals surface area contributed by atoms with Gasteiger partial charge in [-0.05, 0) is 107 Å². The van der Waals surface area contributed by atoms with E-state index in [4.69, 9.17) is 59.0 Å². The van der Waals surface area contributed by atoms with Crippen molar-refractivity contribution in [1.82, 2.24) is 14.8 Å². The molecule has 464 valence electrons. The molecule has 3 saturated heterocycles. The average Bonchev–Trinajstić information content (AvgIpc) is 3.57. The molecule has 4 heterocycles. The molecule has 18 atom stereocenters. The summed E-state index contributed by atoms with van der Waals surface area (Å²) >= 11 is 6.59. The maximum Gasteiger partial charge on any atom is 0.341 e. The van der Waals surface area contributed by atoms with E-state index in [9.17, 15) is 44.4 Å². The number of nitrogens with one attached hydrogen (secondary N) is 2. The van der Waals surface area contributed by atoms with Crippen LogP contribution in [0.1, 0.15) is 131 Å². The molecule has 1 saturated carbocycles. The number of cyclic esters (lactones) is 1. The smallest absolute Gasteiger partial charge is 0.341 e. The number of hydrogen-bond acceptors (Lipinski definition) is 20. The van der Waals surface area contributed by atoms with Gasteiger partial charge in [0.15, 0.2) is 18.7 Å². The summed E-state index contributed by atoms with van der Waals surface area (Å²) < 4.78 is 64.5. The number of ether oxygens (including phenoxy) is 10. The number of aromatic nitrogens is 1. The fraction of sp³-hybridized carbons (Fsp3) is 0.776. The number of aliphatic hydroxyl groups is 3. The highest BCUT2D eigenvalue weighted by molar-refractivity contribution is 6.34. The molecule has 82 heavy (non-hydrogen) atoms. The van der Waals surface area contributed by atoms with Crippen molar-refractivity contribution in [1.29, 1.82) is 0 Å². The number of aliphatic hydroxyl groups excluding tert-OH is 2. The van der Waals surface area contributed by atoms with Crippen LogP contribution in [0, 0.1) is 17.8 Å². The molecule has 0 radical (unpaired) electrons. The van der Waals surface area contributed by atoms with Crippen molar-refractivity contribution >= 4 is 52.0 Å². The van der Waals surface area contributed by atoms with Crippen molar-refractivity contribution in [2.24, 2.45) is 17.8 Å². The summed E-state index contributed by atoms with van der Waals surface area (Å²) in [7, 11) is 6.71. The number of carbonyl (C=O) groups excluding carboxylic acids is 3. The van der Waals surface area contributed by atoms with Gasteiger partial charge in [-0.2, -0.15) is 0 Å². The number of rotatable bonds is 21. The number of carbonyl (C=O) groups is 4. The zero-order valence-corrected chi connectivity index (χ0v) is 50.9. The molecule has 1 aromatic carbocycles. The van der Waals surface area contributed by atoms with Gasteiger partial charge in [0, 0.05) is 62.8 Å². The number of anilines is 1. The average molecular weight is 1180 g/mol. The van der Waals surface area contributed by atoms with Crippen molar-refractivity contribution in [2.45, 2.75) is 211 Å². The number of carboxylic acid groups (broad SMARTS) is 1. The summed E-state index contributed by atoms with van der Waals surface area (Å²) in [5, 5.41) is 51.6. The summed E-state index contributed by atoms with van der Waals surface area (Å²) in [5.74, 6) is -6.28. The van der Waals surface area contributed by atoms with Crippen LogP contribution < -0.4 is 16.1 Å². The van der Waals surface area contributed by atoms with Crippen LogP contribution in [-0.4, -0.2) is 205 Å². The van der Waals surface area contributed by atoms with Crippen molar-refractivity contribution in [2.75, 3.05) is 66.6 Å². The van der Waals surface area contributed by atoms with Gasteiger partial charge in [0.1, 0.15) is 29.0 Å². The number of nitrogens with zero attached hydrogens (tertiary/aromatic N) is 2. The van der Waals surface area contributed by atoms with Gasteiger partial charge in [-0.1, -0.05) is 32.4 Å². The third kappa shape index (κ3) is 15.7. The first kappa shape index (κ1) is 67.1. The SMILES string of the molecule is CC[C@H]1OC(=O)[C@H](C)[C@@H](OC2C[C@@](C)(OC)[C@H](OC(=O)CCOCCOCCNc3cc4c(=O)c(C(=O)O)cn(C5CC5)c4cc3Cl)[C@H](C)O2)[C@H](C)C(O[C@@H]2O[C@H](C)C[C@H](N(C)C)[C@H]2O)[C@](C)(OC)C[C@@H](C)NC(=O)[C@H](C)[C@@H](O)[C@]1(C)O. The van der Waals surface area contributed by atoms with E-state index in [1.807, 2.05) is 37.4 Å². The van der Waals surface area contributed by atoms with Crippen molar-refractivity contribution in [3.8, 4) is 0 Å². The van der Waals surface area contributed by atoms with Gasteiger partial charge in [0.2, 0.25) is 11.3 Å². The first-order valence-electron chi connectivity index (χ1n) is 28.7. The molecular weight excluding hydrogens is 1090 g/mol. The van der Waals surface area contributed by atoms with Crippen LogP contribution in [0.3, 0.4) is 0 Å². The molecule has 6 rings (SSSR count). The molecule has 0 bridgehead atoms. The number of fused-ring (bicyclic) bond motifs is 1. The van der Waals surface area contributed by atoms with Crippen molar-refractivity contribution in [3.63, 3.8) is 0 Å². The predicted molar refractivity (Wildman–Crippen MR) is 302 cm³/mol. The van der Waals surface area contributed by atoms with Gasteiger partial charge in [-0.3, -0.25) is 19.2 Å². The normalized spacial score (nSPS) is 36.3. The zero-order valence-electron chi connectivity index (χ0n) is 50.1. The standard InChI is InChI=1S/C58H91ClN4O19/c1-15-43-58(10,72)49(67)34(6)52(68)61-30(2)27-56(8,73-13)50(82-55-47(66)42(62(11)12)24-31(3)77-55)32(4)48(33(5)54(71)79-43)81-45-28-57(9,74-14)51(35(7)78-45)80-44(64)18-20-75-22-23-76-21-19-60-40-25-37-41(26-39(40)59)63(36-16-17-36)29-38(46(37)65)53(69)70/h25-26,29-36,42-43,45,47-51,55,60,66-67,72H,15-24,27-28H2,1-14H3,(H,61,68)(H,69,70)/t30-,31-,32+,33-,34-,35+,42+,43-,45?,47-,48+,49-,50?,51-,55+,56-,57-,58-/m1/s1. The second kappa shape index (κ2) is 28.4. The number of esters is 2. The number of halogens is 1. The van der Waals surface area contributed by atoms with E-state index in [0.717, 1.165) is 12.8 Å². The largest absolute Gasteiger partial charge is 0.477 e. The highest BCUT2D eigenvalue weighted by Gasteiger charge is 2.54. The van der Waals surface area contributed by atoms with Crippen LogP contribution in [0.4, 0.5) is 5.69 Å². The first-order valence-corrected chi connectivity index (χ1v) is 29.1. The molecule has 1 aliphatic carbocycles. The minimum absolute atomic E-state index is 0.0112. The molecule has 23 nitrogen and oxygen atoms in total. The van der Waals surface area contributed by atoms with E-state index in [0.29, 0.717) is 29.2 Å². The molecule has 4 fully saturated rings. The number of amides is 1. The fourth-order valence-electron chi connectivity index (χ4n) is 11.9. The van der Waals surface area contributed by atoms with E-state index in [1.54, 1.807) is 53.7 Å². The van der Waals surface area contributed by atoms with Gasteiger partial charge in [0.05, 0.1) is 97.0 Å². The lowest BCUT2D eigenvalue weighted by Gasteiger charge is -2.50. The molecule has 24 heteroatoms. The second-order valence-corrected chi connectivity index (χ2v) is 24.2. The van der Waals surface area contributed by atoms with Crippen LogP contribution in [-0.2, 0) is 61.8 Å². The summed E-state index contributed by atoms with van der Waals surface area (Å²) in [6.45, 7) is 17.8. The van der Waals surface area contributed by atoms with Gasteiger partial charge < -0.3 is 87.9 Å². The summed E-state index contributed by atoms with van der Waals surface area (Å²) in [6.07, 6.45) is -6.71. The van der Waals surface area contributed by atoms with Crippen LogP contribution in [0.5, 0.6) is 0 Å². The highest BCUT2D eigenvalue weighted by Crippen LogP contribution is 2.42. The number of carboxylic acids is 1. The quantitative estimate of drug-likeness (QED) is 0.0721. The zero-order chi connectivity index (χ0) is 60.8. The Bertz CT molecular complexity index is 2570. The van der Waals surface area contributed by atoms with Crippen LogP contribution >= 0.6 is 11.6 Å².